The van der Waals surface area contributed by atoms with Crippen LogP contribution in [0.3, 0.4) is 0 Å². The van der Waals surface area contributed by atoms with Crippen LogP contribution >= 0.6 is 0 Å². The number of unbranched alkanes of at least 4 members (excludes halogenated alkanes) is 1. The Morgan fingerprint density at radius 1 is 1.21 bits per heavy atom. The van der Waals surface area contributed by atoms with E-state index in [1.54, 1.807) is 7.11 Å². The summed E-state index contributed by atoms with van der Waals surface area (Å²) in [5.41, 5.74) is 0. The average molecular weight is 203 g/mol. The van der Waals surface area contributed by atoms with Crippen LogP contribution in [0.4, 0.5) is 0 Å². The summed E-state index contributed by atoms with van der Waals surface area (Å²) in [5, 5.41) is 3.36. The fraction of sp³-hybridized carbons (Fsp3) is 1.00. The number of ether oxygens (including phenoxy) is 2. The molecule has 2 atom stereocenters. The number of nitrogens with one attached hydrogen (secondary N) is 1. The third-order valence-electron chi connectivity index (χ3n) is 2.43. The van der Waals surface area contributed by atoms with Crippen molar-refractivity contribution < 1.29 is 9.47 Å². The predicted octanol–water partition coefficient (Wildman–Crippen LogP) is 1.82. The lowest BCUT2D eigenvalue weighted by Crippen LogP contribution is -2.38. The molecule has 0 saturated carbocycles. The van der Waals surface area contributed by atoms with Crippen LogP contribution in [0.25, 0.3) is 0 Å². The van der Waals surface area contributed by atoms with Gasteiger partial charge in [0.15, 0.2) is 0 Å². The Kier molecular flexibility index (Phi) is 9.35. The van der Waals surface area contributed by atoms with Gasteiger partial charge in [0, 0.05) is 26.3 Å². The van der Waals surface area contributed by atoms with E-state index >= 15 is 0 Å². The Labute approximate surface area is 88.2 Å². The Balaban J connectivity index is 3.18. The molecule has 1 N–H and O–H groups in total. The molecule has 0 radical (unpaired) electrons. The summed E-state index contributed by atoms with van der Waals surface area (Å²) < 4.78 is 10.6. The number of hydrogen-bond acceptors (Lipinski definition) is 3. The SMILES string of the molecule is CCCCOCCNC(C)C(C)OC. The van der Waals surface area contributed by atoms with Crippen LogP contribution in [0.5, 0.6) is 0 Å². The van der Waals surface area contributed by atoms with Gasteiger partial charge in [-0.3, -0.25) is 0 Å². The minimum Gasteiger partial charge on any atom is -0.380 e. The highest BCUT2D eigenvalue weighted by Crippen LogP contribution is 1.95. The van der Waals surface area contributed by atoms with Crippen LogP contribution in [0.2, 0.25) is 0 Å². The molecule has 0 saturated heterocycles. The first-order chi connectivity index (χ1) is 6.72. The topological polar surface area (TPSA) is 30.5 Å². The van der Waals surface area contributed by atoms with Gasteiger partial charge in [0.05, 0.1) is 12.7 Å². The summed E-state index contributed by atoms with van der Waals surface area (Å²) in [5.74, 6) is 0. The Bertz CT molecular complexity index is 120. The van der Waals surface area contributed by atoms with E-state index in [1.165, 1.54) is 6.42 Å². The largest absolute Gasteiger partial charge is 0.380 e. The van der Waals surface area contributed by atoms with Crippen molar-refractivity contribution in [3.05, 3.63) is 0 Å². The monoisotopic (exact) mass is 203 g/mol. The standard InChI is InChI=1S/C11H25NO2/c1-5-6-8-14-9-7-12-10(2)11(3)13-4/h10-12H,5-9H2,1-4H3. The molecule has 3 nitrogen and oxygen atoms in total. The Hall–Kier alpha value is -0.120. The lowest BCUT2D eigenvalue weighted by atomic mass is 10.2. The van der Waals surface area contributed by atoms with Gasteiger partial charge in [0.2, 0.25) is 0 Å². The molecule has 0 heterocycles. The van der Waals surface area contributed by atoms with Gasteiger partial charge in [0.25, 0.3) is 0 Å². The number of hydrogen-bond donors (Lipinski definition) is 1. The van der Waals surface area contributed by atoms with Gasteiger partial charge >= 0.3 is 0 Å². The van der Waals surface area contributed by atoms with Gasteiger partial charge in [-0.2, -0.15) is 0 Å². The van der Waals surface area contributed by atoms with Crippen molar-refractivity contribution in [1.82, 2.24) is 5.32 Å². The van der Waals surface area contributed by atoms with E-state index in [1.807, 2.05) is 0 Å². The van der Waals surface area contributed by atoms with E-state index in [0.717, 1.165) is 26.2 Å². The molecule has 0 aromatic heterocycles. The lowest BCUT2D eigenvalue weighted by Gasteiger charge is -2.19. The Morgan fingerprint density at radius 2 is 1.93 bits per heavy atom. The van der Waals surface area contributed by atoms with Crippen molar-refractivity contribution in [1.29, 1.82) is 0 Å². The van der Waals surface area contributed by atoms with E-state index in [9.17, 15) is 0 Å². The minimum absolute atomic E-state index is 0.255. The maximum Gasteiger partial charge on any atom is 0.0693 e. The highest BCUT2D eigenvalue weighted by atomic mass is 16.5. The number of rotatable bonds is 9. The van der Waals surface area contributed by atoms with Crippen molar-refractivity contribution in [2.24, 2.45) is 0 Å². The minimum atomic E-state index is 0.255. The summed E-state index contributed by atoms with van der Waals surface area (Å²) >= 11 is 0. The van der Waals surface area contributed by atoms with Crippen LogP contribution in [0.15, 0.2) is 0 Å². The maximum atomic E-state index is 5.43. The maximum absolute atomic E-state index is 5.43. The molecule has 0 bridgehead atoms. The van der Waals surface area contributed by atoms with Crippen LogP contribution < -0.4 is 5.32 Å². The van der Waals surface area contributed by atoms with Gasteiger partial charge in [-0.15, -0.1) is 0 Å². The molecular weight excluding hydrogens is 178 g/mol. The molecule has 0 rings (SSSR count). The second kappa shape index (κ2) is 9.44. The molecule has 0 amide bonds. The van der Waals surface area contributed by atoms with Gasteiger partial charge in [-0.05, 0) is 20.3 Å². The summed E-state index contributed by atoms with van der Waals surface area (Å²) in [6.45, 7) is 8.94. The van der Waals surface area contributed by atoms with Crippen molar-refractivity contribution in [2.45, 2.75) is 45.8 Å². The van der Waals surface area contributed by atoms with E-state index in [4.69, 9.17) is 9.47 Å². The zero-order valence-corrected chi connectivity index (χ0v) is 10.0. The molecule has 14 heavy (non-hydrogen) atoms. The normalized spacial score (nSPS) is 15.4. The average Bonchev–Trinajstić information content (AvgIpc) is 2.21. The van der Waals surface area contributed by atoms with Gasteiger partial charge in [-0.1, -0.05) is 13.3 Å². The first-order valence-corrected chi connectivity index (χ1v) is 5.56. The molecule has 2 unspecified atom stereocenters. The molecular formula is C11H25NO2. The second-order valence-electron chi connectivity index (χ2n) is 3.65. The van der Waals surface area contributed by atoms with Crippen molar-refractivity contribution in [3.63, 3.8) is 0 Å². The first kappa shape index (κ1) is 13.9. The smallest absolute Gasteiger partial charge is 0.0693 e. The van der Waals surface area contributed by atoms with Gasteiger partial charge < -0.3 is 14.8 Å². The second-order valence-corrected chi connectivity index (χ2v) is 3.65. The highest BCUT2D eigenvalue weighted by molar-refractivity contribution is 4.67. The molecule has 3 heteroatoms. The zero-order valence-electron chi connectivity index (χ0n) is 10.0. The first-order valence-electron chi connectivity index (χ1n) is 5.56. The number of methoxy groups -OCH3 is 1. The summed E-state index contributed by atoms with van der Waals surface area (Å²) in [4.78, 5) is 0. The van der Waals surface area contributed by atoms with Crippen LogP contribution in [-0.4, -0.2) is 39.0 Å². The molecule has 0 aliphatic rings. The Morgan fingerprint density at radius 3 is 2.50 bits per heavy atom. The van der Waals surface area contributed by atoms with Crippen LogP contribution in [-0.2, 0) is 9.47 Å². The van der Waals surface area contributed by atoms with Gasteiger partial charge in [0.1, 0.15) is 0 Å². The van der Waals surface area contributed by atoms with Crippen LogP contribution in [0.1, 0.15) is 33.6 Å². The van der Waals surface area contributed by atoms with Crippen LogP contribution in [0, 0.1) is 0 Å². The zero-order chi connectivity index (χ0) is 10.8. The summed E-state index contributed by atoms with van der Waals surface area (Å²) in [7, 11) is 1.74. The predicted molar refractivity (Wildman–Crippen MR) is 59.7 cm³/mol. The molecule has 0 aliphatic heterocycles. The molecule has 0 aliphatic carbocycles. The molecule has 0 fully saturated rings. The van der Waals surface area contributed by atoms with E-state index in [2.05, 4.69) is 26.1 Å². The molecule has 0 aromatic carbocycles. The summed E-state index contributed by atoms with van der Waals surface area (Å²) in [6.07, 6.45) is 2.61. The molecule has 0 spiro atoms. The van der Waals surface area contributed by atoms with E-state index < -0.39 is 0 Å². The lowest BCUT2D eigenvalue weighted by molar-refractivity contribution is 0.0806. The fourth-order valence-electron chi connectivity index (χ4n) is 1.08. The molecule has 0 aromatic rings. The quantitative estimate of drug-likeness (QED) is 0.580. The van der Waals surface area contributed by atoms with E-state index in [0.29, 0.717) is 6.04 Å². The highest BCUT2D eigenvalue weighted by Gasteiger charge is 2.08. The van der Waals surface area contributed by atoms with Crippen molar-refractivity contribution in [2.75, 3.05) is 26.9 Å². The molecule has 86 valence electrons. The van der Waals surface area contributed by atoms with E-state index in [-0.39, 0.29) is 6.10 Å². The third-order valence-corrected chi connectivity index (χ3v) is 2.43. The van der Waals surface area contributed by atoms with Crippen molar-refractivity contribution >= 4 is 0 Å². The van der Waals surface area contributed by atoms with Crippen molar-refractivity contribution in [3.8, 4) is 0 Å². The summed E-state index contributed by atoms with van der Waals surface area (Å²) in [6, 6.07) is 0.384. The third kappa shape index (κ3) is 7.30. The fourth-order valence-corrected chi connectivity index (χ4v) is 1.08. The van der Waals surface area contributed by atoms with Gasteiger partial charge in [-0.25, -0.2) is 0 Å².